The number of para-hydroxylation sites is 1. The molecule has 154 valence electrons. The molecule has 0 atom stereocenters. The van der Waals surface area contributed by atoms with Gasteiger partial charge < -0.3 is 15.7 Å². The van der Waals surface area contributed by atoms with Gasteiger partial charge in [0.15, 0.2) is 0 Å². The highest BCUT2D eigenvalue weighted by atomic mass is 16.3. The zero-order chi connectivity index (χ0) is 20.6. The van der Waals surface area contributed by atoms with Gasteiger partial charge in [0.1, 0.15) is 5.75 Å². The highest BCUT2D eigenvalue weighted by molar-refractivity contribution is 5.49. The van der Waals surface area contributed by atoms with Crippen molar-refractivity contribution < 1.29 is 5.11 Å². The first kappa shape index (κ1) is 21.2. The summed E-state index contributed by atoms with van der Waals surface area (Å²) >= 11 is 0. The topological polar surface area (TPSA) is 47.5 Å². The van der Waals surface area contributed by atoms with Crippen molar-refractivity contribution in [3.05, 3.63) is 59.2 Å². The van der Waals surface area contributed by atoms with E-state index in [1.807, 2.05) is 49.4 Å². The van der Waals surface area contributed by atoms with Crippen molar-refractivity contribution in [1.82, 2.24) is 10.2 Å². The van der Waals surface area contributed by atoms with Crippen LogP contribution in [0.3, 0.4) is 0 Å². The Bertz CT molecular complexity index is 844. The number of nitrogens with zero attached hydrogens (tertiary/aromatic N) is 1. The van der Waals surface area contributed by atoms with Crippen LogP contribution in [-0.2, 0) is 6.54 Å². The number of likely N-dealkylation sites (tertiary alicyclic amines) is 1. The van der Waals surface area contributed by atoms with Gasteiger partial charge in [-0.05, 0) is 62.7 Å². The molecule has 3 N–H and O–H groups in total. The normalized spacial score (nSPS) is 15.2. The molecule has 0 spiro atoms. The van der Waals surface area contributed by atoms with Crippen LogP contribution in [0.15, 0.2) is 42.5 Å². The van der Waals surface area contributed by atoms with Crippen LogP contribution in [0.4, 0.5) is 5.69 Å². The van der Waals surface area contributed by atoms with E-state index in [0.29, 0.717) is 24.4 Å². The summed E-state index contributed by atoms with van der Waals surface area (Å²) in [4.78, 5) is 2.43. The third kappa shape index (κ3) is 6.52. The van der Waals surface area contributed by atoms with Crippen LogP contribution in [0.2, 0.25) is 0 Å². The van der Waals surface area contributed by atoms with Gasteiger partial charge in [0.25, 0.3) is 0 Å². The van der Waals surface area contributed by atoms with Gasteiger partial charge in [0.05, 0.1) is 6.54 Å². The summed E-state index contributed by atoms with van der Waals surface area (Å²) in [5, 5.41) is 17.5. The van der Waals surface area contributed by atoms with Crippen LogP contribution in [0, 0.1) is 18.8 Å². The van der Waals surface area contributed by atoms with E-state index >= 15 is 0 Å². The summed E-state index contributed by atoms with van der Waals surface area (Å²) < 4.78 is 0. The second-order valence-corrected chi connectivity index (χ2v) is 8.19. The molecule has 1 aliphatic rings. The molecule has 29 heavy (non-hydrogen) atoms. The lowest BCUT2D eigenvalue weighted by Gasteiger charge is -2.33. The van der Waals surface area contributed by atoms with Crippen LogP contribution >= 0.6 is 0 Å². The van der Waals surface area contributed by atoms with Gasteiger partial charge in [-0.15, -0.1) is 0 Å². The summed E-state index contributed by atoms with van der Waals surface area (Å²) in [5.41, 5.74) is 3.89. The van der Waals surface area contributed by atoms with Crippen LogP contribution in [-0.4, -0.2) is 41.7 Å². The number of phenolic OH excluding ortho intramolecular Hbond substituents is 1. The number of nitrogens with one attached hydrogen (secondary N) is 2. The summed E-state index contributed by atoms with van der Waals surface area (Å²) in [6.07, 6.45) is 2.31. The van der Waals surface area contributed by atoms with Gasteiger partial charge in [0, 0.05) is 35.4 Å². The van der Waals surface area contributed by atoms with E-state index in [0.717, 1.165) is 54.9 Å². The fraction of sp³-hybridized carbons (Fsp3) is 0.440. The first-order valence-corrected chi connectivity index (χ1v) is 10.6. The molecular formula is C25H33N3O. The summed E-state index contributed by atoms with van der Waals surface area (Å²) in [6, 6.07) is 15.2. The van der Waals surface area contributed by atoms with Crippen LogP contribution < -0.4 is 10.6 Å². The SMILES string of the molecule is Cc1cc(C#CCNc2ccccc2)cc(CN2CCC(NC(C)C)CC2)c1O. The maximum atomic E-state index is 10.5. The number of aromatic hydroxyl groups is 1. The minimum absolute atomic E-state index is 0.403. The fourth-order valence-electron chi connectivity index (χ4n) is 3.86. The zero-order valence-electron chi connectivity index (χ0n) is 17.8. The number of aryl methyl sites for hydroxylation is 1. The second kappa shape index (κ2) is 10.3. The predicted octanol–water partition coefficient (Wildman–Crippen LogP) is 4.13. The predicted molar refractivity (Wildman–Crippen MR) is 121 cm³/mol. The van der Waals surface area contributed by atoms with Crippen molar-refractivity contribution in [1.29, 1.82) is 0 Å². The molecule has 2 aromatic rings. The molecule has 0 unspecified atom stereocenters. The number of benzene rings is 2. The van der Waals surface area contributed by atoms with Gasteiger partial charge in [-0.3, -0.25) is 4.90 Å². The Morgan fingerprint density at radius 1 is 1.14 bits per heavy atom. The van der Waals surface area contributed by atoms with Gasteiger partial charge in [-0.1, -0.05) is 43.9 Å². The summed E-state index contributed by atoms with van der Waals surface area (Å²) in [6.45, 7) is 9.84. The van der Waals surface area contributed by atoms with Crippen molar-refractivity contribution >= 4 is 5.69 Å². The molecule has 1 saturated heterocycles. The Hall–Kier alpha value is -2.48. The second-order valence-electron chi connectivity index (χ2n) is 8.19. The van der Waals surface area contributed by atoms with E-state index in [1.165, 1.54) is 0 Å². The van der Waals surface area contributed by atoms with E-state index in [9.17, 15) is 5.11 Å². The van der Waals surface area contributed by atoms with Crippen LogP contribution in [0.1, 0.15) is 43.4 Å². The quantitative estimate of drug-likeness (QED) is 0.648. The average molecular weight is 392 g/mol. The van der Waals surface area contributed by atoms with Gasteiger partial charge >= 0.3 is 0 Å². The number of anilines is 1. The van der Waals surface area contributed by atoms with E-state index < -0.39 is 0 Å². The lowest BCUT2D eigenvalue weighted by molar-refractivity contribution is 0.185. The van der Waals surface area contributed by atoms with Gasteiger partial charge in [-0.2, -0.15) is 0 Å². The number of phenols is 1. The van der Waals surface area contributed by atoms with Gasteiger partial charge in [-0.25, -0.2) is 0 Å². The highest BCUT2D eigenvalue weighted by Crippen LogP contribution is 2.26. The zero-order valence-corrected chi connectivity index (χ0v) is 17.8. The molecule has 1 heterocycles. The Morgan fingerprint density at radius 2 is 1.86 bits per heavy atom. The summed E-state index contributed by atoms with van der Waals surface area (Å²) in [5.74, 6) is 6.83. The molecule has 3 rings (SSSR count). The Balaban J connectivity index is 1.59. The minimum Gasteiger partial charge on any atom is -0.507 e. The van der Waals surface area contributed by atoms with Crippen molar-refractivity contribution in [2.75, 3.05) is 25.0 Å². The monoisotopic (exact) mass is 391 g/mol. The number of rotatable bonds is 6. The minimum atomic E-state index is 0.403. The summed E-state index contributed by atoms with van der Waals surface area (Å²) in [7, 11) is 0. The molecule has 0 saturated carbocycles. The Labute approximate surface area is 175 Å². The van der Waals surface area contributed by atoms with E-state index in [-0.39, 0.29) is 0 Å². The molecule has 0 aromatic heterocycles. The smallest absolute Gasteiger partial charge is 0.123 e. The van der Waals surface area contributed by atoms with Crippen LogP contribution in [0.25, 0.3) is 0 Å². The first-order chi connectivity index (χ1) is 14.0. The first-order valence-electron chi connectivity index (χ1n) is 10.6. The largest absolute Gasteiger partial charge is 0.507 e. The standard InChI is InChI=1S/C25H33N3O/c1-19(2)27-24-11-14-28(15-12-24)18-22-17-21(16-20(3)25(22)29)8-7-13-26-23-9-5-4-6-10-23/h4-6,9-10,16-17,19,24,26-27,29H,11-15,18H2,1-3H3. The molecule has 2 aromatic carbocycles. The third-order valence-electron chi connectivity index (χ3n) is 5.32. The van der Waals surface area contributed by atoms with Crippen molar-refractivity contribution in [3.8, 4) is 17.6 Å². The lowest BCUT2D eigenvalue weighted by atomic mass is 10.0. The molecule has 0 aliphatic carbocycles. The Morgan fingerprint density at radius 3 is 2.55 bits per heavy atom. The molecule has 1 fully saturated rings. The number of hydrogen-bond acceptors (Lipinski definition) is 4. The highest BCUT2D eigenvalue weighted by Gasteiger charge is 2.20. The molecule has 4 nitrogen and oxygen atoms in total. The maximum Gasteiger partial charge on any atom is 0.123 e. The average Bonchev–Trinajstić information content (AvgIpc) is 2.71. The molecule has 1 aliphatic heterocycles. The third-order valence-corrected chi connectivity index (χ3v) is 5.32. The van der Waals surface area contributed by atoms with Crippen LogP contribution in [0.5, 0.6) is 5.75 Å². The molecule has 0 amide bonds. The van der Waals surface area contributed by atoms with Crippen molar-refractivity contribution in [2.45, 2.75) is 52.2 Å². The Kier molecular flexibility index (Phi) is 7.57. The molecule has 0 radical (unpaired) electrons. The van der Waals surface area contributed by atoms with Gasteiger partial charge in [0.2, 0.25) is 0 Å². The lowest BCUT2D eigenvalue weighted by Crippen LogP contribution is -2.44. The maximum absolute atomic E-state index is 10.5. The molecule has 0 bridgehead atoms. The fourth-order valence-corrected chi connectivity index (χ4v) is 3.86. The van der Waals surface area contributed by atoms with E-state index in [2.05, 4.69) is 41.2 Å². The number of piperidine rings is 1. The van der Waals surface area contributed by atoms with E-state index in [1.54, 1.807) is 0 Å². The molecule has 4 heteroatoms. The number of hydrogen-bond donors (Lipinski definition) is 3. The molecular weight excluding hydrogens is 358 g/mol. The van der Waals surface area contributed by atoms with Crippen molar-refractivity contribution in [2.24, 2.45) is 0 Å². The van der Waals surface area contributed by atoms with Crippen molar-refractivity contribution in [3.63, 3.8) is 0 Å². The van der Waals surface area contributed by atoms with E-state index in [4.69, 9.17) is 0 Å².